The first-order chi connectivity index (χ1) is 8.52. The molecule has 0 heterocycles. The highest BCUT2D eigenvalue weighted by atomic mass is 16.2. The lowest BCUT2D eigenvalue weighted by Gasteiger charge is -2.09. The van der Waals surface area contributed by atoms with Crippen molar-refractivity contribution in [3.8, 4) is 0 Å². The predicted molar refractivity (Wildman–Crippen MR) is 70.1 cm³/mol. The van der Waals surface area contributed by atoms with Crippen LogP contribution in [0, 0.1) is 0 Å². The second kappa shape index (κ2) is 6.61. The average molecular weight is 250 g/mol. The highest BCUT2D eigenvalue weighted by Crippen LogP contribution is 2.13. The highest BCUT2D eigenvalue weighted by molar-refractivity contribution is 5.92. The van der Waals surface area contributed by atoms with Crippen LogP contribution < -0.4 is 21.7 Å². The van der Waals surface area contributed by atoms with Crippen molar-refractivity contribution < 1.29 is 9.59 Å². The van der Waals surface area contributed by atoms with Crippen molar-refractivity contribution in [2.45, 2.75) is 13.0 Å². The molecule has 0 radical (unpaired) electrons. The first-order valence-electron chi connectivity index (χ1n) is 5.64. The van der Waals surface area contributed by atoms with Crippen molar-refractivity contribution in [3.05, 3.63) is 29.8 Å². The highest BCUT2D eigenvalue weighted by Gasteiger charge is 2.04. The van der Waals surface area contributed by atoms with Crippen molar-refractivity contribution in [1.82, 2.24) is 10.6 Å². The number of urea groups is 1. The second-order valence-corrected chi connectivity index (χ2v) is 3.89. The maximum absolute atomic E-state index is 11.4. The molecule has 1 aromatic carbocycles. The number of nitrogens with two attached hydrogens (primary N) is 1. The van der Waals surface area contributed by atoms with Gasteiger partial charge in [0.1, 0.15) is 0 Å². The van der Waals surface area contributed by atoms with Gasteiger partial charge < -0.3 is 21.7 Å². The van der Waals surface area contributed by atoms with Crippen LogP contribution in [-0.2, 0) is 4.79 Å². The summed E-state index contributed by atoms with van der Waals surface area (Å²) < 4.78 is 0. The van der Waals surface area contributed by atoms with E-state index in [0.717, 1.165) is 5.56 Å². The van der Waals surface area contributed by atoms with Gasteiger partial charge in [0.05, 0.1) is 6.54 Å². The molecule has 0 saturated carbocycles. The van der Waals surface area contributed by atoms with Crippen LogP contribution in [0.2, 0.25) is 0 Å². The monoisotopic (exact) mass is 250 g/mol. The number of amides is 3. The van der Waals surface area contributed by atoms with Crippen molar-refractivity contribution in [2.24, 2.45) is 5.73 Å². The van der Waals surface area contributed by atoms with Gasteiger partial charge in [-0.25, -0.2) is 4.79 Å². The molecule has 6 heteroatoms. The number of anilines is 1. The minimum absolute atomic E-state index is 0.0406. The first kappa shape index (κ1) is 14.0. The third-order valence-corrected chi connectivity index (χ3v) is 2.38. The first-order valence-corrected chi connectivity index (χ1v) is 5.64. The number of hydrogen-bond donors (Lipinski definition) is 4. The molecular weight excluding hydrogens is 232 g/mol. The van der Waals surface area contributed by atoms with Gasteiger partial charge in [0.25, 0.3) is 0 Å². The van der Waals surface area contributed by atoms with E-state index in [1.54, 1.807) is 12.1 Å². The smallest absolute Gasteiger partial charge is 0.319 e. The molecule has 1 rings (SSSR count). The Morgan fingerprint density at radius 1 is 1.28 bits per heavy atom. The predicted octanol–water partition coefficient (Wildman–Crippen LogP) is 0.574. The van der Waals surface area contributed by atoms with Crippen LogP contribution in [0.15, 0.2) is 24.3 Å². The average Bonchev–Trinajstić information content (AvgIpc) is 2.36. The summed E-state index contributed by atoms with van der Waals surface area (Å²) in [6.07, 6.45) is 0. The Morgan fingerprint density at radius 3 is 2.39 bits per heavy atom. The van der Waals surface area contributed by atoms with Crippen molar-refractivity contribution >= 4 is 17.6 Å². The van der Waals surface area contributed by atoms with Gasteiger partial charge in [-0.2, -0.15) is 0 Å². The van der Waals surface area contributed by atoms with E-state index < -0.39 is 6.03 Å². The Kier molecular flexibility index (Phi) is 5.13. The van der Waals surface area contributed by atoms with E-state index in [2.05, 4.69) is 16.0 Å². The van der Waals surface area contributed by atoms with Crippen LogP contribution in [0.3, 0.4) is 0 Å². The molecule has 5 N–H and O–H groups in total. The van der Waals surface area contributed by atoms with Gasteiger partial charge in [-0.15, -0.1) is 0 Å². The molecule has 0 aromatic heterocycles. The van der Waals surface area contributed by atoms with Gasteiger partial charge in [0.2, 0.25) is 5.91 Å². The molecule has 0 bridgehead atoms. The molecule has 98 valence electrons. The van der Waals surface area contributed by atoms with Gasteiger partial charge >= 0.3 is 6.03 Å². The zero-order valence-electron chi connectivity index (χ0n) is 10.5. The zero-order valence-corrected chi connectivity index (χ0v) is 10.5. The number of carbonyl (C=O) groups is 2. The van der Waals surface area contributed by atoms with Crippen LogP contribution in [0.4, 0.5) is 10.5 Å². The van der Waals surface area contributed by atoms with Gasteiger partial charge in [-0.3, -0.25) is 4.79 Å². The minimum Gasteiger partial charge on any atom is -0.358 e. The van der Waals surface area contributed by atoms with E-state index >= 15 is 0 Å². The van der Waals surface area contributed by atoms with Crippen molar-refractivity contribution in [1.29, 1.82) is 0 Å². The fraction of sp³-hybridized carbons (Fsp3) is 0.333. The van der Waals surface area contributed by atoms with Crippen LogP contribution in [-0.4, -0.2) is 25.5 Å². The summed E-state index contributed by atoms with van der Waals surface area (Å²) in [5.74, 6) is -0.252. The Balaban J connectivity index is 2.47. The number of benzene rings is 1. The van der Waals surface area contributed by atoms with Crippen LogP contribution in [0.1, 0.15) is 18.5 Å². The fourth-order valence-corrected chi connectivity index (χ4v) is 1.29. The third-order valence-electron chi connectivity index (χ3n) is 2.38. The summed E-state index contributed by atoms with van der Waals surface area (Å²) in [7, 11) is 1.51. The Morgan fingerprint density at radius 2 is 1.89 bits per heavy atom. The molecule has 18 heavy (non-hydrogen) atoms. The molecule has 1 unspecified atom stereocenters. The zero-order chi connectivity index (χ0) is 13.5. The lowest BCUT2D eigenvalue weighted by molar-refractivity contribution is -0.119. The molecule has 6 nitrogen and oxygen atoms in total. The van der Waals surface area contributed by atoms with Gasteiger partial charge in [-0.05, 0) is 24.6 Å². The van der Waals surface area contributed by atoms with Crippen LogP contribution in [0.5, 0.6) is 0 Å². The Bertz CT molecular complexity index is 415. The summed E-state index contributed by atoms with van der Waals surface area (Å²) in [5, 5.41) is 7.46. The molecule has 0 aliphatic heterocycles. The van der Waals surface area contributed by atoms with E-state index in [0.29, 0.717) is 5.69 Å². The Hall–Kier alpha value is -2.08. The largest absolute Gasteiger partial charge is 0.358 e. The second-order valence-electron chi connectivity index (χ2n) is 3.89. The maximum Gasteiger partial charge on any atom is 0.319 e. The molecule has 0 spiro atoms. The summed E-state index contributed by atoms with van der Waals surface area (Å²) >= 11 is 0. The van der Waals surface area contributed by atoms with Crippen LogP contribution in [0.25, 0.3) is 0 Å². The summed E-state index contributed by atoms with van der Waals surface area (Å²) in [4.78, 5) is 22.3. The lowest BCUT2D eigenvalue weighted by Crippen LogP contribution is -2.37. The number of hydrogen-bond acceptors (Lipinski definition) is 3. The van der Waals surface area contributed by atoms with Gasteiger partial charge in [-0.1, -0.05) is 12.1 Å². The van der Waals surface area contributed by atoms with Gasteiger partial charge in [0.15, 0.2) is 0 Å². The van der Waals surface area contributed by atoms with Crippen molar-refractivity contribution in [3.63, 3.8) is 0 Å². The van der Waals surface area contributed by atoms with Crippen LogP contribution >= 0.6 is 0 Å². The summed E-state index contributed by atoms with van der Waals surface area (Å²) in [5.41, 5.74) is 7.36. The molecule has 0 saturated heterocycles. The van der Waals surface area contributed by atoms with Crippen molar-refractivity contribution in [2.75, 3.05) is 18.9 Å². The minimum atomic E-state index is -0.424. The van der Waals surface area contributed by atoms with Gasteiger partial charge in [0, 0.05) is 18.8 Å². The summed E-state index contributed by atoms with van der Waals surface area (Å²) in [6, 6.07) is 6.75. The maximum atomic E-state index is 11.4. The number of nitrogens with one attached hydrogen (secondary N) is 3. The topological polar surface area (TPSA) is 96.2 Å². The summed E-state index contributed by atoms with van der Waals surface area (Å²) in [6.45, 7) is 1.83. The number of rotatable bonds is 4. The Labute approximate surface area is 106 Å². The van der Waals surface area contributed by atoms with E-state index in [9.17, 15) is 9.59 Å². The fourth-order valence-electron chi connectivity index (χ4n) is 1.29. The quantitative estimate of drug-likeness (QED) is 0.629. The molecule has 3 amide bonds. The number of likely N-dealkylation sites (N-methyl/N-ethyl adjacent to an activating group) is 1. The molecule has 0 aliphatic carbocycles. The SMILES string of the molecule is CNC(=O)CNC(=O)Nc1ccc(C(C)N)cc1. The van der Waals surface area contributed by atoms with E-state index in [1.165, 1.54) is 7.05 Å². The number of carbonyl (C=O) groups excluding carboxylic acids is 2. The molecular formula is C12H18N4O2. The van der Waals surface area contributed by atoms with E-state index in [-0.39, 0.29) is 18.5 Å². The van der Waals surface area contributed by atoms with E-state index in [1.807, 2.05) is 19.1 Å². The normalized spacial score (nSPS) is 11.5. The third kappa shape index (κ3) is 4.42. The van der Waals surface area contributed by atoms with E-state index in [4.69, 9.17) is 5.73 Å². The standard InChI is InChI=1S/C12H18N4O2/c1-8(13)9-3-5-10(6-4-9)16-12(18)15-7-11(17)14-2/h3-6,8H,7,13H2,1-2H3,(H,14,17)(H2,15,16,18). The molecule has 0 fully saturated rings. The lowest BCUT2D eigenvalue weighted by atomic mass is 10.1. The molecule has 1 atom stereocenters. The molecule has 1 aromatic rings. The molecule has 0 aliphatic rings.